The molecule has 0 saturated heterocycles. The van der Waals surface area contributed by atoms with E-state index in [2.05, 4.69) is 16.7 Å². The third-order valence-electron chi connectivity index (χ3n) is 6.02. The number of carbonyl (C=O) groups is 3. The summed E-state index contributed by atoms with van der Waals surface area (Å²) in [6.07, 6.45) is 8.31. The van der Waals surface area contributed by atoms with Crippen LogP contribution in [0.5, 0.6) is 0 Å². The lowest BCUT2D eigenvalue weighted by Crippen LogP contribution is -2.45. The molecule has 0 aromatic heterocycles. The number of benzene rings is 1. The van der Waals surface area contributed by atoms with Gasteiger partial charge in [0.2, 0.25) is 17.7 Å². The Bertz CT molecular complexity index is 728. The Labute approximate surface area is 173 Å². The van der Waals surface area contributed by atoms with Gasteiger partial charge in [-0.1, -0.05) is 37.5 Å². The fourth-order valence-electron chi connectivity index (χ4n) is 4.36. The maximum absolute atomic E-state index is 12.5. The van der Waals surface area contributed by atoms with Gasteiger partial charge in [0, 0.05) is 31.6 Å². The molecule has 1 unspecified atom stereocenters. The lowest BCUT2D eigenvalue weighted by atomic mass is 9.87. The molecular formula is C23H33N3O3. The van der Waals surface area contributed by atoms with Crippen LogP contribution < -0.4 is 15.5 Å². The zero-order chi connectivity index (χ0) is 20.6. The van der Waals surface area contributed by atoms with Gasteiger partial charge in [0.15, 0.2) is 0 Å². The SMILES string of the molecule is CC(NC(=O)CC1CCCCC1)C(=O)NCCCC(=O)N1CCc2ccccc21. The first-order chi connectivity index (χ1) is 14.0. The molecule has 1 aromatic rings. The van der Waals surface area contributed by atoms with Gasteiger partial charge in [0.25, 0.3) is 0 Å². The first-order valence-corrected chi connectivity index (χ1v) is 11.0. The highest BCUT2D eigenvalue weighted by atomic mass is 16.2. The highest BCUT2D eigenvalue weighted by Crippen LogP contribution is 2.28. The molecule has 0 radical (unpaired) electrons. The van der Waals surface area contributed by atoms with Crippen LogP contribution in [0.3, 0.4) is 0 Å². The fraction of sp³-hybridized carbons (Fsp3) is 0.609. The van der Waals surface area contributed by atoms with Crippen LogP contribution in [0.2, 0.25) is 0 Å². The quantitative estimate of drug-likeness (QED) is 0.660. The number of para-hydroxylation sites is 1. The van der Waals surface area contributed by atoms with E-state index in [-0.39, 0.29) is 17.7 Å². The molecule has 3 amide bonds. The Kier molecular flexibility index (Phi) is 7.67. The molecule has 0 spiro atoms. The predicted molar refractivity (Wildman–Crippen MR) is 114 cm³/mol. The molecule has 6 nitrogen and oxygen atoms in total. The number of anilines is 1. The number of hydrogen-bond donors (Lipinski definition) is 2. The summed E-state index contributed by atoms with van der Waals surface area (Å²) >= 11 is 0. The summed E-state index contributed by atoms with van der Waals surface area (Å²) in [4.78, 5) is 38.7. The third-order valence-corrected chi connectivity index (χ3v) is 6.02. The van der Waals surface area contributed by atoms with Gasteiger partial charge in [-0.25, -0.2) is 0 Å². The molecule has 0 bridgehead atoms. The van der Waals surface area contributed by atoms with Crippen molar-refractivity contribution in [2.24, 2.45) is 5.92 Å². The molecule has 1 fully saturated rings. The minimum Gasteiger partial charge on any atom is -0.354 e. The van der Waals surface area contributed by atoms with Crippen molar-refractivity contribution >= 4 is 23.4 Å². The summed E-state index contributed by atoms with van der Waals surface area (Å²) in [5, 5.41) is 5.64. The van der Waals surface area contributed by atoms with Crippen LogP contribution in [0.15, 0.2) is 24.3 Å². The second kappa shape index (κ2) is 10.4. The van der Waals surface area contributed by atoms with Crippen molar-refractivity contribution in [2.75, 3.05) is 18.0 Å². The van der Waals surface area contributed by atoms with E-state index in [0.717, 1.165) is 31.5 Å². The molecule has 6 heteroatoms. The molecule has 29 heavy (non-hydrogen) atoms. The van der Waals surface area contributed by atoms with Crippen LogP contribution in [-0.4, -0.2) is 36.9 Å². The highest BCUT2D eigenvalue weighted by Gasteiger charge is 2.24. The summed E-state index contributed by atoms with van der Waals surface area (Å²) in [5.41, 5.74) is 2.22. The first-order valence-electron chi connectivity index (χ1n) is 11.0. The van der Waals surface area contributed by atoms with E-state index in [9.17, 15) is 14.4 Å². The molecule has 2 N–H and O–H groups in total. The largest absolute Gasteiger partial charge is 0.354 e. The smallest absolute Gasteiger partial charge is 0.242 e. The number of rotatable bonds is 8. The predicted octanol–water partition coefficient (Wildman–Crippen LogP) is 2.95. The van der Waals surface area contributed by atoms with Crippen molar-refractivity contribution in [1.82, 2.24) is 10.6 Å². The van der Waals surface area contributed by atoms with Gasteiger partial charge in [-0.15, -0.1) is 0 Å². The van der Waals surface area contributed by atoms with Crippen molar-refractivity contribution in [2.45, 2.75) is 70.8 Å². The Morgan fingerprint density at radius 3 is 2.69 bits per heavy atom. The zero-order valence-electron chi connectivity index (χ0n) is 17.4. The third kappa shape index (κ3) is 6.05. The number of nitrogens with zero attached hydrogens (tertiary/aromatic N) is 1. The maximum Gasteiger partial charge on any atom is 0.242 e. The Morgan fingerprint density at radius 1 is 1.14 bits per heavy atom. The summed E-state index contributed by atoms with van der Waals surface area (Å²) in [7, 11) is 0. The fourth-order valence-corrected chi connectivity index (χ4v) is 4.36. The number of fused-ring (bicyclic) bond motifs is 1. The number of hydrogen-bond acceptors (Lipinski definition) is 3. The Balaban J connectivity index is 1.32. The second-order valence-electron chi connectivity index (χ2n) is 8.32. The molecule has 158 valence electrons. The van der Waals surface area contributed by atoms with Crippen LogP contribution in [-0.2, 0) is 20.8 Å². The van der Waals surface area contributed by atoms with Gasteiger partial charge in [0.1, 0.15) is 6.04 Å². The molecule has 3 rings (SSSR count). The van der Waals surface area contributed by atoms with Crippen molar-refractivity contribution in [1.29, 1.82) is 0 Å². The summed E-state index contributed by atoms with van der Waals surface area (Å²) in [6.45, 7) is 2.87. The monoisotopic (exact) mass is 399 g/mol. The topological polar surface area (TPSA) is 78.5 Å². The molecule has 1 aliphatic heterocycles. The Morgan fingerprint density at radius 2 is 1.90 bits per heavy atom. The van der Waals surface area contributed by atoms with Gasteiger partial charge < -0.3 is 15.5 Å². The van der Waals surface area contributed by atoms with Crippen molar-refractivity contribution in [3.05, 3.63) is 29.8 Å². The second-order valence-corrected chi connectivity index (χ2v) is 8.32. The lowest BCUT2D eigenvalue weighted by Gasteiger charge is -2.22. The van der Waals surface area contributed by atoms with Crippen LogP contribution in [0.25, 0.3) is 0 Å². The van der Waals surface area contributed by atoms with Crippen LogP contribution in [0, 0.1) is 5.92 Å². The van der Waals surface area contributed by atoms with E-state index in [1.165, 1.54) is 24.8 Å². The van der Waals surface area contributed by atoms with Crippen molar-refractivity contribution in [3.8, 4) is 0 Å². The summed E-state index contributed by atoms with van der Waals surface area (Å²) < 4.78 is 0. The number of amides is 3. The lowest BCUT2D eigenvalue weighted by molar-refractivity contribution is -0.129. The maximum atomic E-state index is 12.5. The molecule has 1 heterocycles. The van der Waals surface area contributed by atoms with Gasteiger partial charge in [0.05, 0.1) is 0 Å². The van der Waals surface area contributed by atoms with E-state index in [1.807, 2.05) is 23.1 Å². The van der Waals surface area contributed by atoms with E-state index < -0.39 is 6.04 Å². The van der Waals surface area contributed by atoms with Gasteiger partial charge in [-0.2, -0.15) is 0 Å². The number of carbonyl (C=O) groups excluding carboxylic acids is 3. The molecular weight excluding hydrogens is 366 g/mol. The van der Waals surface area contributed by atoms with Gasteiger partial charge in [-0.3, -0.25) is 14.4 Å². The standard InChI is InChI=1S/C23H33N3O3/c1-17(25-21(27)16-18-8-3-2-4-9-18)23(29)24-14-7-12-22(28)26-15-13-19-10-5-6-11-20(19)26/h5-6,10-11,17-18H,2-4,7-9,12-16H2,1H3,(H,24,29)(H,25,27). The molecule has 1 saturated carbocycles. The number of nitrogens with one attached hydrogen (secondary N) is 2. The Hall–Kier alpha value is -2.37. The van der Waals surface area contributed by atoms with Gasteiger partial charge in [-0.05, 0) is 50.2 Å². The minimum atomic E-state index is -0.549. The first kappa shape index (κ1) is 21.3. The molecule has 1 atom stereocenters. The van der Waals surface area contributed by atoms with Crippen molar-refractivity contribution < 1.29 is 14.4 Å². The summed E-state index contributed by atoms with van der Waals surface area (Å²) in [6, 6.07) is 7.45. The average molecular weight is 400 g/mol. The average Bonchev–Trinajstić information content (AvgIpc) is 3.15. The summed E-state index contributed by atoms with van der Waals surface area (Å²) in [5.74, 6) is 0.321. The van der Waals surface area contributed by atoms with Crippen LogP contribution in [0.4, 0.5) is 5.69 Å². The minimum absolute atomic E-state index is 0.0394. The molecule has 2 aliphatic rings. The van der Waals surface area contributed by atoms with E-state index in [0.29, 0.717) is 31.7 Å². The zero-order valence-corrected chi connectivity index (χ0v) is 17.4. The van der Waals surface area contributed by atoms with Crippen molar-refractivity contribution in [3.63, 3.8) is 0 Å². The molecule has 1 aromatic carbocycles. The van der Waals surface area contributed by atoms with Gasteiger partial charge >= 0.3 is 0 Å². The molecule has 1 aliphatic carbocycles. The van der Waals surface area contributed by atoms with E-state index >= 15 is 0 Å². The highest BCUT2D eigenvalue weighted by molar-refractivity contribution is 5.95. The van der Waals surface area contributed by atoms with Crippen LogP contribution in [0.1, 0.15) is 63.9 Å². The van der Waals surface area contributed by atoms with Crippen LogP contribution >= 0.6 is 0 Å². The normalized spacial score (nSPS) is 17.5. The van der Waals surface area contributed by atoms with E-state index in [1.54, 1.807) is 6.92 Å². The van der Waals surface area contributed by atoms with E-state index in [4.69, 9.17) is 0 Å².